The smallest absolute Gasteiger partial charge is 0.255 e. The van der Waals surface area contributed by atoms with Crippen LogP contribution >= 0.6 is 11.7 Å². The molecule has 136 valence electrons. The van der Waals surface area contributed by atoms with Crippen LogP contribution in [0.5, 0.6) is 0 Å². The van der Waals surface area contributed by atoms with Gasteiger partial charge in [-0.1, -0.05) is 18.2 Å². The van der Waals surface area contributed by atoms with Gasteiger partial charge in [-0.2, -0.15) is 8.75 Å². The number of aromatic nitrogens is 4. The highest BCUT2D eigenvalue weighted by molar-refractivity contribution is 7.00. The topological polar surface area (TPSA) is 72.2 Å². The van der Waals surface area contributed by atoms with Crippen molar-refractivity contribution in [3.63, 3.8) is 0 Å². The molecule has 0 radical (unpaired) electrons. The molecule has 0 bridgehead atoms. The molecule has 0 fully saturated rings. The van der Waals surface area contributed by atoms with E-state index in [4.69, 9.17) is 0 Å². The van der Waals surface area contributed by atoms with E-state index >= 15 is 0 Å². The van der Waals surface area contributed by atoms with E-state index in [-0.39, 0.29) is 5.91 Å². The van der Waals surface area contributed by atoms with Gasteiger partial charge in [-0.3, -0.25) is 4.79 Å². The second kappa shape index (κ2) is 6.54. The van der Waals surface area contributed by atoms with Crippen molar-refractivity contribution >= 4 is 40.0 Å². The molecule has 0 atom stereocenters. The summed E-state index contributed by atoms with van der Waals surface area (Å²) in [6.45, 7) is 1.97. The van der Waals surface area contributed by atoms with Crippen molar-refractivity contribution in [1.82, 2.24) is 18.1 Å². The lowest BCUT2D eigenvalue weighted by atomic mass is 10.1. The van der Waals surface area contributed by atoms with Gasteiger partial charge in [0.2, 0.25) is 0 Å². The third-order valence-electron chi connectivity index (χ3n) is 4.66. The minimum Gasteiger partial charge on any atom is -0.322 e. The van der Waals surface area contributed by atoms with Crippen molar-refractivity contribution in [3.05, 3.63) is 78.1 Å². The first-order valence-electron chi connectivity index (χ1n) is 8.76. The molecule has 3 heterocycles. The maximum Gasteiger partial charge on any atom is 0.255 e. The number of nitrogens with zero attached hydrogens (tertiary/aromatic N) is 4. The van der Waals surface area contributed by atoms with E-state index in [0.29, 0.717) is 5.56 Å². The number of fused-ring (bicyclic) bond motifs is 2. The normalized spacial score (nSPS) is 11.2. The Balaban J connectivity index is 1.47. The van der Waals surface area contributed by atoms with Gasteiger partial charge in [0.25, 0.3) is 5.91 Å². The fourth-order valence-electron chi connectivity index (χ4n) is 3.11. The molecule has 0 spiro atoms. The Morgan fingerprint density at radius 2 is 1.93 bits per heavy atom. The van der Waals surface area contributed by atoms with Gasteiger partial charge in [-0.25, -0.2) is 4.98 Å². The minimum atomic E-state index is -0.176. The number of carbonyl (C=O) groups excluding carboxylic acids is 1. The van der Waals surface area contributed by atoms with E-state index < -0.39 is 0 Å². The Hall–Kier alpha value is -3.58. The van der Waals surface area contributed by atoms with Gasteiger partial charge >= 0.3 is 0 Å². The highest BCUT2D eigenvalue weighted by Gasteiger charge is 2.12. The second-order valence-electron chi connectivity index (χ2n) is 6.54. The van der Waals surface area contributed by atoms with E-state index in [0.717, 1.165) is 50.9 Å². The zero-order valence-electron chi connectivity index (χ0n) is 15.0. The second-order valence-corrected chi connectivity index (χ2v) is 7.07. The van der Waals surface area contributed by atoms with Crippen LogP contribution in [0.4, 0.5) is 5.69 Å². The van der Waals surface area contributed by atoms with Gasteiger partial charge in [0.15, 0.2) is 0 Å². The van der Waals surface area contributed by atoms with Gasteiger partial charge in [0, 0.05) is 29.2 Å². The van der Waals surface area contributed by atoms with Crippen LogP contribution < -0.4 is 5.32 Å². The number of anilines is 1. The summed E-state index contributed by atoms with van der Waals surface area (Å²) < 4.78 is 10.3. The predicted molar refractivity (Wildman–Crippen MR) is 111 cm³/mol. The average molecular weight is 385 g/mol. The fraction of sp³-hybridized carbons (Fsp3) is 0.0476. The Morgan fingerprint density at radius 1 is 1.04 bits per heavy atom. The molecular weight excluding hydrogens is 370 g/mol. The zero-order valence-corrected chi connectivity index (χ0v) is 15.8. The summed E-state index contributed by atoms with van der Waals surface area (Å²) in [5.41, 5.74) is 6.51. The molecule has 1 amide bonds. The summed E-state index contributed by atoms with van der Waals surface area (Å²) in [6.07, 6.45) is 3.95. The first-order valence-corrected chi connectivity index (χ1v) is 9.49. The number of nitrogens with one attached hydrogen (secondary N) is 1. The highest BCUT2D eigenvalue weighted by atomic mass is 32.1. The predicted octanol–water partition coefficient (Wildman–Crippen LogP) is 4.57. The minimum absolute atomic E-state index is 0.176. The molecular formula is C21H15N5OS. The van der Waals surface area contributed by atoms with Crippen LogP contribution in [-0.2, 0) is 0 Å². The number of amides is 1. The lowest BCUT2D eigenvalue weighted by molar-refractivity contribution is 0.102. The fourth-order valence-corrected chi connectivity index (χ4v) is 3.62. The largest absolute Gasteiger partial charge is 0.322 e. The van der Waals surface area contributed by atoms with Crippen LogP contribution in [0.25, 0.3) is 27.9 Å². The molecule has 0 saturated carbocycles. The molecule has 0 aliphatic heterocycles. The van der Waals surface area contributed by atoms with Gasteiger partial charge < -0.3 is 9.72 Å². The van der Waals surface area contributed by atoms with Crippen LogP contribution in [0.2, 0.25) is 0 Å². The molecule has 28 heavy (non-hydrogen) atoms. The van der Waals surface area contributed by atoms with E-state index in [2.05, 4.69) is 19.0 Å². The maximum atomic E-state index is 12.7. The molecule has 2 aromatic carbocycles. The van der Waals surface area contributed by atoms with Crippen molar-refractivity contribution in [2.24, 2.45) is 0 Å². The third-order valence-corrected chi connectivity index (χ3v) is 5.22. The van der Waals surface area contributed by atoms with E-state index in [1.807, 2.05) is 66.2 Å². The van der Waals surface area contributed by atoms with Crippen LogP contribution in [0.3, 0.4) is 0 Å². The summed E-state index contributed by atoms with van der Waals surface area (Å²) >= 11 is 1.14. The monoisotopic (exact) mass is 385 g/mol. The van der Waals surface area contributed by atoms with E-state index in [1.165, 1.54) is 0 Å². The van der Waals surface area contributed by atoms with E-state index in [9.17, 15) is 4.79 Å². The van der Waals surface area contributed by atoms with Crippen molar-refractivity contribution in [1.29, 1.82) is 0 Å². The van der Waals surface area contributed by atoms with Gasteiger partial charge in [-0.05, 0) is 48.9 Å². The van der Waals surface area contributed by atoms with Crippen LogP contribution in [0.1, 0.15) is 15.9 Å². The Morgan fingerprint density at radius 3 is 2.82 bits per heavy atom. The van der Waals surface area contributed by atoms with Crippen molar-refractivity contribution in [2.45, 2.75) is 6.92 Å². The average Bonchev–Trinajstić information content (AvgIpc) is 3.35. The number of benzene rings is 2. The first kappa shape index (κ1) is 16.6. The van der Waals surface area contributed by atoms with Gasteiger partial charge in [0.1, 0.15) is 16.7 Å². The van der Waals surface area contributed by atoms with Gasteiger partial charge in [0.05, 0.1) is 17.4 Å². The summed E-state index contributed by atoms with van der Waals surface area (Å²) in [5.74, 6) is -0.176. The molecule has 0 aliphatic carbocycles. The van der Waals surface area contributed by atoms with Crippen molar-refractivity contribution in [3.8, 4) is 11.3 Å². The maximum absolute atomic E-state index is 12.7. The number of aryl methyl sites for hydroxylation is 1. The molecule has 0 aliphatic rings. The molecule has 3 aromatic heterocycles. The zero-order chi connectivity index (χ0) is 19.1. The molecule has 0 saturated heterocycles. The highest BCUT2D eigenvalue weighted by Crippen LogP contribution is 2.26. The van der Waals surface area contributed by atoms with Crippen LogP contribution in [0, 0.1) is 6.92 Å². The Labute approximate surface area is 164 Å². The first-order chi connectivity index (χ1) is 13.7. The van der Waals surface area contributed by atoms with Crippen LogP contribution in [-0.4, -0.2) is 24.0 Å². The van der Waals surface area contributed by atoms with Crippen molar-refractivity contribution < 1.29 is 4.79 Å². The molecule has 5 rings (SSSR count). The van der Waals surface area contributed by atoms with Crippen molar-refractivity contribution in [2.75, 3.05) is 5.32 Å². The summed E-state index contributed by atoms with van der Waals surface area (Å²) in [7, 11) is 0. The standard InChI is InChI=1S/C21H15N5OS/c1-13-5-6-14(19-12-26-9-3-2-4-20(26)22-19)10-17(13)23-21(27)15-7-8-16-18(11-15)25-28-24-16/h2-12H,1H3,(H,23,27). The number of rotatable bonds is 3. The van der Waals surface area contributed by atoms with Crippen LogP contribution in [0.15, 0.2) is 67.0 Å². The molecule has 6 nitrogen and oxygen atoms in total. The summed E-state index contributed by atoms with van der Waals surface area (Å²) in [5, 5.41) is 3.01. The quantitative estimate of drug-likeness (QED) is 0.494. The van der Waals surface area contributed by atoms with Gasteiger partial charge in [-0.15, -0.1) is 0 Å². The van der Waals surface area contributed by atoms with E-state index in [1.54, 1.807) is 12.1 Å². The summed E-state index contributed by atoms with van der Waals surface area (Å²) in [4.78, 5) is 17.4. The molecule has 0 unspecified atom stereocenters. The number of imidazole rings is 1. The number of pyridine rings is 1. The Bertz CT molecular complexity index is 1300. The molecule has 1 N–H and O–H groups in total. The number of carbonyl (C=O) groups is 1. The SMILES string of the molecule is Cc1ccc(-c2cn3ccccc3n2)cc1NC(=O)c1ccc2nsnc2c1. The molecule has 5 aromatic rings. The lowest BCUT2D eigenvalue weighted by Crippen LogP contribution is -2.12. The summed E-state index contributed by atoms with van der Waals surface area (Å²) in [6, 6.07) is 17.2. The Kier molecular flexibility index (Phi) is 3.87. The number of hydrogen-bond acceptors (Lipinski definition) is 5. The molecule has 7 heteroatoms. The third kappa shape index (κ3) is 2.91. The lowest BCUT2D eigenvalue weighted by Gasteiger charge is -2.10. The number of hydrogen-bond donors (Lipinski definition) is 1.